The molecule has 1 aliphatic heterocycles. The van der Waals surface area contributed by atoms with E-state index in [1.807, 2.05) is 13.0 Å². The van der Waals surface area contributed by atoms with Crippen LogP contribution in [0.3, 0.4) is 0 Å². The number of piperazine rings is 1. The standard InChI is InChI=1S/C17H17ClN4O3/c1-11-9-22(13-5-3-4-12(18)8-13)16(24)10-21(11)17(25)14-6-7-15(23)20(2)19-14/h3-8,11H,9-10H2,1-2H3/t11-/m1/s1. The van der Waals surface area contributed by atoms with Crippen LogP contribution in [-0.4, -0.2) is 45.6 Å². The fourth-order valence-corrected chi connectivity index (χ4v) is 2.96. The second kappa shape index (κ2) is 6.68. The summed E-state index contributed by atoms with van der Waals surface area (Å²) in [6, 6.07) is 9.51. The molecule has 1 saturated heterocycles. The number of amides is 2. The fourth-order valence-electron chi connectivity index (χ4n) is 2.78. The maximum Gasteiger partial charge on any atom is 0.275 e. The van der Waals surface area contributed by atoms with Crippen molar-refractivity contribution in [1.82, 2.24) is 14.7 Å². The minimum absolute atomic E-state index is 0.0585. The Morgan fingerprint density at radius 1 is 1.24 bits per heavy atom. The van der Waals surface area contributed by atoms with Crippen molar-refractivity contribution in [1.29, 1.82) is 0 Å². The number of rotatable bonds is 2. The van der Waals surface area contributed by atoms with E-state index in [2.05, 4.69) is 5.10 Å². The van der Waals surface area contributed by atoms with Crippen LogP contribution >= 0.6 is 11.6 Å². The van der Waals surface area contributed by atoms with Crippen molar-refractivity contribution in [2.75, 3.05) is 18.0 Å². The average Bonchev–Trinajstić information content (AvgIpc) is 2.58. The van der Waals surface area contributed by atoms with Gasteiger partial charge in [0.2, 0.25) is 5.91 Å². The lowest BCUT2D eigenvalue weighted by molar-refractivity contribution is -0.121. The Morgan fingerprint density at radius 2 is 2.00 bits per heavy atom. The Balaban J connectivity index is 1.82. The highest BCUT2D eigenvalue weighted by Gasteiger charge is 2.34. The van der Waals surface area contributed by atoms with Gasteiger partial charge in [0, 0.05) is 36.4 Å². The number of hydrogen-bond donors (Lipinski definition) is 0. The van der Waals surface area contributed by atoms with E-state index in [1.54, 1.807) is 23.1 Å². The summed E-state index contributed by atoms with van der Waals surface area (Å²) in [6.07, 6.45) is 0. The third kappa shape index (κ3) is 3.41. The number of benzene rings is 1. The highest BCUT2D eigenvalue weighted by atomic mass is 35.5. The van der Waals surface area contributed by atoms with Crippen molar-refractivity contribution in [3.05, 3.63) is 57.5 Å². The molecule has 130 valence electrons. The largest absolute Gasteiger partial charge is 0.323 e. The van der Waals surface area contributed by atoms with Crippen molar-refractivity contribution in [2.45, 2.75) is 13.0 Å². The Labute approximate surface area is 149 Å². The van der Waals surface area contributed by atoms with Crippen LogP contribution < -0.4 is 10.5 Å². The maximum absolute atomic E-state index is 12.7. The zero-order valence-corrected chi connectivity index (χ0v) is 14.6. The lowest BCUT2D eigenvalue weighted by Crippen LogP contribution is -2.57. The third-order valence-corrected chi connectivity index (χ3v) is 4.38. The minimum atomic E-state index is -0.373. The van der Waals surface area contributed by atoms with Gasteiger partial charge in [0.05, 0.1) is 0 Å². The number of anilines is 1. The number of nitrogens with zero attached hydrogens (tertiary/aromatic N) is 4. The molecule has 0 bridgehead atoms. The first-order chi connectivity index (χ1) is 11.9. The van der Waals surface area contributed by atoms with Gasteiger partial charge in [-0.2, -0.15) is 5.10 Å². The van der Waals surface area contributed by atoms with Crippen LogP contribution in [0.5, 0.6) is 0 Å². The molecule has 0 N–H and O–H groups in total. The van der Waals surface area contributed by atoms with Gasteiger partial charge in [0.25, 0.3) is 11.5 Å². The molecule has 7 nitrogen and oxygen atoms in total. The van der Waals surface area contributed by atoms with E-state index in [-0.39, 0.29) is 35.7 Å². The average molecular weight is 361 g/mol. The molecule has 2 amide bonds. The molecule has 0 unspecified atom stereocenters. The van der Waals surface area contributed by atoms with Crippen molar-refractivity contribution >= 4 is 29.1 Å². The minimum Gasteiger partial charge on any atom is -0.323 e. The fraction of sp³-hybridized carbons (Fsp3) is 0.294. The number of carbonyl (C=O) groups is 2. The molecule has 2 aromatic rings. The third-order valence-electron chi connectivity index (χ3n) is 4.15. The van der Waals surface area contributed by atoms with Gasteiger partial charge < -0.3 is 9.80 Å². The van der Waals surface area contributed by atoms with Crippen LogP contribution in [0.2, 0.25) is 5.02 Å². The van der Waals surface area contributed by atoms with E-state index in [9.17, 15) is 14.4 Å². The van der Waals surface area contributed by atoms with Gasteiger partial charge in [-0.15, -0.1) is 0 Å². The Hall–Kier alpha value is -2.67. The van der Waals surface area contributed by atoms with Gasteiger partial charge in [0.1, 0.15) is 12.2 Å². The van der Waals surface area contributed by atoms with Crippen molar-refractivity contribution in [3.8, 4) is 0 Å². The molecular formula is C17H17ClN4O3. The van der Waals surface area contributed by atoms with Gasteiger partial charge >= 0.3 is 0 Å². The summed E-state index contributed by atoms with van der Waals surface area (Å²) >= 11 is 6.00. The van der Waals surface area contributed by atoms with Crippen LogP contribution in [-0.2, 0) is 11.8 Å². The maximum atomic E-state index is 12.7. The lowest BCUT2D eigenvalue weighted by Gasteiger charge is -2.39. The quantitative estimate of drug-likeness (QED) is 0.809. The highest BCUT2D eigenvalue weighted by molar-refractivity contribution is 6.30. The van der Waals surface area contributed by atoms with Gasteiger partial charge in [-0.05, 0) is 31.2 Å². The van der Waals surface area contributed by atoms with E-state index >= 15 is 0 Å². The Kier molecular flexibility index (Phi) is 4.59. The second-order valence-corrected chi connectivity index (χ2v) is 6.38. The SMILES string of the molecule is C[C@@H]1CN(c2cccc(Cl)c2)C(=O)CN1C(=O)c1ccc(=O)n(C)n1. The van der Waals surface area contributed by atoms with Crippen LogP contribution in [0.15, 0.2) is 41.2 Å². The van der Waals surface area contributed by atoms with Crippen LogP contribution in [0.1, 0.15) is 17.4 Å². The molecule has 0 radical (unpaired) electrons. The summed E-state index contributed by atoms with van der Waals surface area (Å²) in [5.41, 5.74) is 0.543. The van der Waals surface area contributed by atoms with Crippen LogP contribution in [0.4, 0.5) is 5.69 Å². The number of halogens is 1. The summed E-state index contributed by atoms with van der Waals surface area (Å²) in [4.78, 5) is 39.7. The lowest BCUT2D eigenvalue weighted by atomic mass is 10.1. The summed E-state index contributed by atoms with van der Waals surface area (Å²) in [5, 5.41) is 4.51. The van der Waals surface area contributed by atoms with Gasteiger partial charge in [-0.3, -0.25) is 14.4 Å². The number of aromatic nitrogens is 2. The van der Waals surface area contributed by atoms with Crippen molar-refractivity contribution in [2.24, 2.45) is 7.05 Å². The molecule has 0 saturated carbocycles. The molecule has 2 heterocycles. The molecule has 3 rings (SSSR count). The monoisotopic (exact) mass is 360 g/mol. The second-order valence-electron chi connectivity index (χ2n) is 5.95. The van der Waals surface area contributed by atoms with E-state index in [1.165, 1.54) is 24.1 Å². The predicted octanol–water partition coefficient (Wildman–Crippen LogP) is 1.31. The van der Waals surface area contributed by atoms with E-state index in [0.717, 1.165) is 4.68 Å². The summed E-state index contributed by atoms with van der Waals surface area (Å²) in [7, 11) is 1.48. The zero-order valence-electron chi connectivity index (χ0n) is 13.8. The predicted molar refractivity (Wildman–Crippen MR) is 93.8 cm³/mol. The van der Waals surface area contributed by atoms with E-state index < -0.39 is 0 Å². The van der Waals surface area contributed by atoms with Crippen LogP contribution in [0, 0.1) is 0 Å². The van der Waals surface area contributed by atoms with Crippen molar-refractivity contribution in [3.63, 3.8) is 0 Å². The summed E-state index contributed by atoms with van der Waals surface area (Å²) < 4.78 is 1.10. The molecule has 1 aromatic carbocycles. The Morgan fingerprint density at radius 3 is 2.68 bits per heavy atom. The topological polar surface area (TPSA) is 75.5 Å². The molecular weight excluding hydrogens is 344 g/mol. The first-order valence-electron chi connectivity index (χ1n) is 7.78. The molecule has 1 aromatic heterocycles. The smallest absolute Gasteiger partial charge is 0.275 e. The summed E-state index contributed by atoms with van der Waals surface area (Å²) in [5.74, 6) is -0.569. The molecule has 0 spiro atoms. The molecule has 1 aliphatic rings. The first kappa shape index (κ1) is 17.2. The number of aryl methyl sites for hydroxylation is 1. The number of hydrogen-bond acceptors (Lipinski definition) is 4. The van der Waals surface area contributed by atoms with Gasteiger partial charge in [0.15, 0.2) is 0 Å². The molecule has 8 heteroatoms. The van der Waals surface area contributed by atoms with E-state index in [4.69, 9.17) is 11.6 Å². The normalized spacial score (nSPS) is 17.7. The Bertz CT molecular complexity index is 895. The summed E-state index contributed by atoms with van der Waals surface area (Å²) in [6.45, 7) is 2.16. The molecule has 25 heavy (non-hydrogen) atoms. The zero-order chi connectivity index (χ0) is 18.1. The van der Waals surface area contributed by atoms with Gasteiger partial charge in [-0.25, -0.2) is 4.68 Å². The van der Waals surface area contributed by atoms with E-state index in [0.29, 0.717) is 17.3 Å². The molecule has 1 fully saturated rings. The highest BCUT2D eigenvalue weighted by Crippen LogP contribution is 2.23. The van der Waals surface area contributed by atoms with Crippen molar-refractivity contribution < 1.29 is 9.59 Å². The van der Waals surface area contributed by atoms with Crippen LogP contribution in [0.25, 0.3) is 0 Å². The van der Waals surface area contributed by atoms with Gasteiger partial charge in [-0.1, -0.05) is 17.7 Å². The number of carbonyl (C=O) groups excluding carboxylic acids is 2. The molecule has 1 atom stereocenters. The first-order valence-corrected chi connectivity index (χ1v) is 8.16. The molecule has 0 aliphatic carbocycles.